The average molecular weight is 1260 g/mol. The van der Waals surface area contributed by atoms with E-state index in [2.05, 4.69) is 354 Å². The van der Waals surface area contributed by atoms with Gasteiger partial charge >= 0.3 is 0 Å². The third-order valence-corrected chi connectivity index (χ3v) is 20.1. The zero-order valence-electron chi connectivity index (χ0n) is 59.2. The lowest BCUT2D eigenvalue weighted by Crippen LogP contribution is -2.42. The second kappa shape index (κ2) is 24.1. The van der Waals surface area contributed by atoms with E-state index in [-0.39, 0.29) is 27.1 Å². The molecule has 0 radical (unpaired) electrons. The zero-order chi connectivity index (χ0) is 67.9. The van der Waals surface area contributed by atoms with Crippen molar-refractivity contribution >= 4 is 0 Å². The lowest BCUT2D eigenvalue weighted by molar-refractivity contribution is 0.554. The maximum atomic E-state index is 5.22. The summed E-state index contributed by atoms with van der Waals surface area (Å²) in [6.45, 7) is 38.8. The molecule has 2 atom stereocenters. The van der Waals surface area contributed by atoms with Crippen molar-refractivity contribution in [2.24, 2.45) is 0 Å². The van der Waals surface area contributed by atoms with Crippen molar-refractivity contribution in [2.45, 2.75) is 156 Å². The minimum absolute atomic E-state index is 0.0151. The molecule has 1 aliphatic carbocycles. The van der Waals surface area contributed by atoms with E-state index < -0.39 is 10.8 Å². The summed E-state index contributed by atoms with van der Waals surface area (Å²) in [6.07, 6.45) is 0. The predicted octanol–water partition coefficient (Wildman–Crippen LogP) is 22.9. The Bertz CT molecular complexity index is 4700. The van der Waals surface area contributed by atoms with E-state index in [4.69, 9.17) is 29.9 Å². The van der Waals surface area contributed by atoms with Gasteiger partial charge in [0.05, 0.1) is 0 Å². The van der Waals surface area contributed by atoms with Gasteiger partial charge in [0, 0.05) is 44.2 Å². The maximum absolute atomic E-state index is 5.22. The Kier molecular flexibility index (Phi) is 16.3. The van der Waals surface area contributed by atoms with Gasteiger partial charge in [-0.25, -0.2) is 29.9 Å². The Labute approximate surface area is 570 Å². The Morgan fingerprint density at radius 1 is 0.198 bits per heavy atom. The Morgan fingerprint density at radius 2 is 0.396 bits per heavy atom. The minimum Gasteiger partial charge on any atom is -0.208 e. The van der Waals surface area contributed by atoms with E-state index in [1.54, 1.807) is 0 Å². The fourth-order valence-electron chi connectivity index (χ4n) is 14.0. The molecular weight excluding hydrogens is 1170 g/mol. The Balaban J connectivity index is 0.897. The normalized spacial score (nSPS) is 15.8. The van der Waals surface area contributed by atoms with Gasteiger partial charge in [-0.05, 0) is 124 Å². The summed E-state index contributed by atoms with van der Waals surface area (Å²) >= 11 is 0. The molecule has 0 saturated carbocycles. The molecule has 0 N–H and O–H groups in total. The van der Waals surface area contributed by atoms with E-state index in [0.29, 0.717) is 34.9 Å². The van der Waals surface area contributed by atoms with Gasteiger partial charge in [-0.2, -0.15) is 0 Å². The van der Waals surface area contributed by atoms with Crippen molar-refractivity contribution in [3.63, 3.8) is 0 Å². The lowest BCUT2D eigenvalue weighted by Gasteiger charge is -2.49. The zero-order valence-corrected chi connectivity index (χ0v) is 59.2. The van der Waals surface area contributed by atoms with Gasteiger partial charge < -0.3 is 0 Å². The van der Waals surface area contributed by atoms with Crippen LogP contribution in [0.1, 0.15) is 179 Å². The van der Waals surface area contributed by atoms with Gasteiger partial charge in [0.2, 0.25) is 0 Å². The van der Waals surface area contributed by atoms with Crippen LogP contribution in [0.2, 0.25) is 0 Å². The van der Waals surface area contributed by atoms with Crippen LogP contribution < -0.4 is 0 Å². The number of benzene rings is 10. The summed E-state index contributed by atoms with van der Waals surface area (Å²) in [6, 6.07) is 87.1. The van der Waals surface area contributed by atoms with Gasteiger partial charge in [-0.3, -0.25) is 0 Å². The first-order valence-electron chi connectivity index (χ1n) is 34.1. The van der Waals surface area contributed by atoms with E-state index in [1.807, 2.05) is 0 Å². The number of aromatic nitrogens is 6. The highest BCUT2D eigenvalue weighted by Gasteiger charge is 2.49. The largest absolute Gasteiger partial charge is 0.208 e. The molecule has 0 amide bonds. The highest BCUT2D eigenvalue weighted by molar-refractivity contribution is 5.81. The maximum Gasteiger partial charge on any atom is 0.164 e. The molecule has 0 bridgehead atoms. The Hall–Kier alpha value is -9.78. The molecule has 13 rings (SSSR count). The van der Waals surface area contributed by atoms with Crippen molar-refractivity contribution < 1.29 is 0 Å². The van der Waals surface area contributed by atoms with Gasteiger partial charge in [-0.15, -0.1) is 0 Å². The monoisotopic (exact) mass is 1250 g/mol. The van der Waals surface area contributed by atoms with E-state index in [1.165, 1.54) is 72.3 Å². The van der Waals surface area contributed by atoms with Crippen molar-refractivity contribution in [1.29, 1.82) is 0 Å². The van der Waals surface area contributed by atoms with E-state index in [0.717, 1.165) is 44.5 Å². The molecule has 10 aromatic carbocycles. The molecule has 0 saturated heterocycles. The Morgan fingerprint density at radius 3 is 0.656 bits per heavy atom. The van der Waals surface area contributed by atoms with Gasteiger partial charge in [0.25, 0.3) is 0 Å². The lowest BCUT2D eigenvalue weighted by atomic mass is 9.53. The van der Waals surface area contributed by atoms with Crippen LogP contribution in [0.4, 0.5) is 0 Å². The number of rotatable bonds is 10. The van der Waals surface area contributed by atoms with Crippen LogP contribution in [-0.2, 0) is 37.9 Å². The molecule has 2 aromatic heterocycles. The summed E-state index contributed by atoms with van der Waals surface area (Å²) in [7, 11) is 0. The van der Waals surface area contributed by atoms with Crippen molar-refractivity contribution in [3.8, 4) is 90.6 Å². The topological polar surface area (TPSA) is 77.3 Å². The molecule has 0 aliphatic heterocycles. The number of hydrogen-bond donors (Lipinski definition) is 0. The van der Waals surface area contributed by atoms with Gasteiger partial charge in [0.1, 0.15) is 0 Å². The summed E-state index contributed by atoms with van der Waals surface area (Å²) < 4.78 is 0. The summed E-state index contributed by atoms with van der Waals surface area (Å²) in [5.74, 6) is 3.83. The molecular formula is C90H90N6. The van der Waals surface area contributed by atoms with Crippen LogP contribution in [0.15, 0.2) is 237 Å². The molecule has 2 heterocycles. The number of nitrogens with zero attached hydrogens (tertiary/aromatic N) is 6. The first kappa shape index (κ1) is 64.9. The minimum atomic E-state index is -0.590. The third-order valence-electron chi connectivity index (χ3n) is 20.1. The molecule has 6 nitrogen and oxygen atoms in total. The molecule has 0 fully saturated rings. The number of fused-ring (bicyclic) bond motifs is 2. The van der Waals surface area contributed by atoms with Crippen LogP contribution in [0.5, 0.6) is 0 Å². The smallest absolute Gasteiger partial charge is 0.164 e. The van der Waals surface area contributed by atoms with E-state index in [9.17, 15) is 0 Å². The molecule has 480 valence electrons. The summed E-state index contributed by atoms with van der Waals surface area (Å²) in [4.78, 5) is 31.2. The van der Waals surface area contributed by atoms with Gasteiger partial charge in [0.15, 0.2) is 34.9 Å². The fraction of sp³-hybridized carbons (Fsp3) is 0.267. The van der Waals surface area contributed by atoms with Crippen LogP contribution >= 0.6 is 0 Å². The van der Waals surface area contributed by atoms with Gasteiger partial charge in [-0.1, -0.05) is 340 Å². The number of hydrogen-bond acceptors (Lipinski definition) is 6. The molecule has 96 heavy (non-hydrogen) atoms. The molecule has 1 unspecified atom stereocenters. The average Bonchev–Trinajstić information content (AvgIpc) is 0.686. The molecule has 0 spiro atoms. The molecule has 1 aliphatic rings. The SMILES string of the molecule is CC(C)(C)c1ccc(-c2nc(-c3ccc(-c4ccccc4C4(C)c5ccccc5[C@](C)(c5ccccc5-c5ccc(-c6nc(-c7ccc(C(C)(C)C)cc7)nc(-c7ccc(C(C)(C)C)cc7)n6)cc5)c5cc(C(C)(C)C)ccc54)cc3)nc(-c3ccc(C(C)(C)C)cc3)n2)cc1. The van der Waals surface area contributed by atoms with Crippen LogP contribution in [-0.4, -0.2) is 29.9 Å². The first-order chi connectivity index (χ1) is 45.5. The van der Waals surface area contributed by atoms with Crippen molar-refractivity contribution in [2.75, 3.05) is 0 Å². The highest BCUT2D eigenvalue weighted by atomic mass is 15.0. The van der Waals surface area contributed by atoms with Crippen molar-refractivity contribution in [1.82, 2.24) is 29.9 Å². The van der Waals surface area contributed by atoms with Crippen LogP contribution in [0.25, 0.3) is 90.6 Å². The molecule has 6 heteroatoms. The van der Waals surface area contributed by atoms with E-state index >= 15 is 0 Å². The first-order valence-corrected chi connectivity index (χ1v) is 34.1. The molecule has 12 aromatic rings. The van der Waals surface area contributed by atoms with Crippen LogP contribution in [0.3, 0.4) is 0 Å². The standard InChI is InChI=1S/C90H90N6/c1-84(2,3)65-46-38-61(39-47-65)80-91-78(92-81(95-80)62-40-48-66(49-41-62)85(4,5)6)59-34-30-57(31-35-59)70-24-18-20-26-72(70)89(16)74-28-22-23-29-75(74)90(17,77-56-69(88(13,14)15)54-55-76(77)89)73-27-21-19-25-71(73)58-32-36-60(37-33-58)79-93-82(63-42-50-67(51-43-63)86(7,8)9)96-83(94-79)64-44-52-68(53-45-64)87(10,11)12/h18-56H,1-17H3/t89?,90-/m0/s1. The summed E-state index contributed by atoms with van der Waals surface area (Å²) in [5, 5.41) is 0. The van der Waals surface area contributed by atoms with Crippen molar-refractivity contribution in [3.05, 3.63) is 298 Å². The fourth-order valence-corrected chi connectivity index (χ4v) is 14.0. The second-order valence-corrected chi connectivity index (χ2v) is 32.0. The highest BCUT2D eigenvalue weighted by Crippen LogP contribution is 2.58. The quantitative estimate of drug-likeness (QED) is 0.136. The summed E-state index contributed by atoms with van der Waals surface area (Å²) in [5.41, 5.74) is 22.9. The van der Waals surface area contributed by atoms with Crippen LogP contribution in [0, 0.1) is 0 Å². The predicted molar refractivity (Wildman–Crippen MR) is 401 cm³/mol. The second-order valence-electron chi connectivity index (χ2n) is 32.0. The third kappa shape index (κ3) is 12.2.